The first-order chi connectivity index (χ1) is 20.4. The first-order valence-electron chi connectivity index (χ1n) is 13.2. The largest absolute Gasteiger partial charge is 0.493 e. The van der Waals surface area contributed by atoms with Gasteiger partial charge in [-0.25, -0.2) is 10.2 Å². The maximum absolute atomic E-state index is 12.7. The molecule has 0 saturated heterocycles. The van der Waals surface area contributed by atoms with Crippen LogP contribution in [0.25, 0.3) is 0 Å². The van der Waals surface area contributed by atoms with Gasteiger partial charge in [0.05, 0.1) is 31.5 Å². The second-order valence-electron chi connectivity index (χ2n) is 9.06. The van der Waals surface area contributed by atoms with Crippen molar-refractivity contribution in [1.29, 1.82) is 0 Å². The van der Waals surface area contributed by atoms with Crippen molar-refractivity contribution in [3.05, 3.63) is 101 Å². The lowest BCUT2D eigenvalue weighted by molar-refractivity contribution is -0.139. The highest BCUT2D eigenvalue weighted by Crippen LogP contribution is 2.34. The molecule has 1 atom stereocenters. The van der Waals surface area contributed by atoms with E-state index in [1.165, 1.54) is 6.21 Å². The van der Waals surface area contributed by atoms with E-state index in [9.17, 15) is 9.59 Å². The number of carbonyl (C=O) groups excluding carboxylic acids is 2. The third kappa shape index (κ3) is 7.64. The molecule has 42 heavy (non-hydrogen) atoms. The molecule has 3 N–H and O–H groups in total. The number of para-hydroxylation sites is 2. The molecule has 4 rings (SSSR count). The van der Waals surface area contributed by atoms with Crippen LogP contribution in [-0.4, -0.2) is 43.5 Å². The highest BCUT2D eigenvalue weighted by Gasteiger charge is 2.32. The molecule has 10 nitrogen and oxygen atoms in total. The standard InChI is InChI=1S/C31H32N4O6S/c1-4-39-30(37)27-20(2)33-31(42)34-28(27)23-14-8-9-15-24(23)40-19-26(36)35-32-17-22-13-10-16-25(38-3)29(22)41-18-21-11-6-5-7-12-21/h5-17,28H,4,18-19H2,1-3H3,(H,35,36)(H2,33,34,42)/t28-/m1/s1. The lowest BCUT2D eigenvalue weighted by Gasteiger charge is -2.30. The molecular weight excluding hydrogens is 556 g/mol. The molecule has 1 aliphatic rings. The smallest absolute Gasteiger partial charge is 0.338 e. The van der Waals surface area contributed by atoms with Crippen LogP contribution in [0, 0.1) is 0 Å². The van der Waals surface area contributed by atoms with Gasteiger partial charge in [-0.3, -0.25) is 4.79 Å². The van der Waals surface area contributed by atoms with Gasteiger partial charge in [-0.15, -0.1) is 0 Å². The summed E-state index contributed by atoms with van der Waals surface area (Å²) in [6, 6.07) is 21.6. The maximum atomic E-state index is 12.7. The number of nitrogens with zero attached hydrogens (tertiary/aromatic N) is 1. The molecule has 1 aliphatic heterocycles. The predicted molar refractivity (Wildman–Crippen MR) is 162 cm³/mol. The molecule has 3 aromatic rings. The number of carbonyl (C=O) groups is 2. The van der Waals surface area contributed by atoms with Crippen molar-refractivity contribution in [3.63, 3.8) is 0 Å². The van der Waals surface area contributed by atoms with Gasteiger partial charge in [-0.05, 0) is 49.8 Å². The Labute approximate surface area is 249 Å². The van der Waals surface area contributed by atoms with Gasteiger partial charge in [-0.2, -0.15) is 5.10 Å². The van der Waals surface area contributed by atoms with Crippen LogP contribution in [0.5, 0.6) is 17.2 Å². The van der Waals surface area contributed by atoms with Crippen molar-refractivity contribution in [2.24, 2.45) is 5.10 Å². The lowest BCUT2D eigenvalue weighted by Crippen LogP contribution is -2.45. The topological polar surface area (TPSA) is 120 Å². The second-order valence-corrected chi connectivity index (χ2v) is 9.47. The number of hydrogen-bond donors (Lipinski definition) is 3. The number of esters is 1. The molecule has 0 radical (unpaired) electrons. The molecule has 0 bridgehead atoms. The summed E-state index contributed by atoms with van der Waals surface area (Å²) in [6.07, 6.45) is 1.48. The number of ether oxygens (including phenoxy) is 4. The second kappa shape index (κ2) is 14.6. The van der Waals surface area contributed by atoms with E-state index in [1.807, 2.05) is 36.4 Å². The fourth-order valence-electron chi connectivity index (χ4n) is 4.29. The lowest BCUT2D eigenvalue weighted by atomic mass is 9.95. The maximum Gasteiger partial charge on any atom is 0.338 e. The van der Waals surface area contributed by atoms with Crippen molar-refractivity contribution in [1.82, 2.24) is 16.1 Å². The van der Waals surface area contributed by atoms with E-state index in [0.29, 0.717) is 51.4 Å². The normalized spacial score (nSPS) is 14.5. The first-order valence-corrected chi connectivity index (χ1v) is 13.6. The SMILES string of the molecule is CCOC(=O)C1=C(C)NC(=S)N[C@@H]1c1ccccc1OCC(=O)NN=Cc1cccc(OC)c1OCc1ccccc1. The Morgan fingerprint density at radius 2 is 1.74 bits per heavy atom. The minimum absolute atomic E-state index is 0.224. The number of benzene rings is 3. The van der Waals surface area contributed by atoms with Crippen LogP contribution in [0.15, 0.2) is 89.2 Å². The number of amides is 1. The number of hydrazone groups is 1. The summed E-state index contributed by atoms with van der Waals surface area (Å²) in [6.45, 7) is 3.73. The minimum atomic E-state index is -0.627. The molecule has 0 aromatic heterocycles. The third-order valence-corrected chi connectivity index (χ3v) is 6.42. The highest BCUT2D eigenvalue weighted by atomic mass is 32.1. The fraction of sp³-hybridized carbons (Fsp3) is 0.226. The van der Waals surface area contributed by atoms with Gasteiger partial charge in [-0.1, -0.05) is 54.6 Å². The number of nitrogens with one attached hydrogen (secondary N) is 3. The van der Waals surface area contributed by atoms with Crippen molar-refractivity contribution in [3.8, 4) is 17.2 Å². The summed E-state index contributed by atoms with van der Waals surface area (Å²) in [5, 5.41) is 10.5. The van der Waals surface area contributed by atoms with E-state index >= 15 is 0 Å². The number of methoxy groups -OCH3 is 1. The Bertz CT molecular complexity index is 1490. The molecule has 0 spiro atoms. The molecule has 11 heteroatoms. The van der Waals surface area contributed by atoms with E-state index in [2.05, 4.69) is 21.2 Å². The van der Waals surface area contributed by atoms with Crippen LogP contribution >= 0.6 is 12.2 Å². The molecule has 3 aromatic carbocycles. The third-order valence-electron chi connectivity index (χ3n) is 6.20. The number of hydrogen-bond acceptors (Lipinski definition) is 8. The number of rotatable bonds is 12. The minimum Gasteiger partial charge on any atom is -0.493 e. The van der Waals surface area contributed by atoms with Crippen molar-refractivity contribution >= 4 is 35.4 Å². The van der Waals surface area contributed by atoms with E-state index in [0.717, 1.165) is 5.56 Å². The van der Waals surface area contributed by atoms with Gasteiger partial charge < -0.3 is 29.6 Å². The van der Waals surface area contributed by atoms with Gasteiger partial charge in [0, 0.05) is 16.8 Å². The zero-order valence-electron chi connectivity index (χ0n) is 23.5. The molecule has 0 unspecified atom stereocenters. The summed E-state index contributed by atoms with van der Waals surface area (Å²) >= 11 is 5.32. The van der Waals surface area contributed by atoms with E-state index in [1.54, 1.807) is 57.4 Å². The molecule has 0 saturated carbocycles. The van der Waals surface area contributed by atoms with Crippen LogP contribution in [0.2, 0.25) is 0 Å². The van der Waals surface area contributed by atoms with Gasteiger partial charge >= 0.3 is 5.97 Å². The van der Waals surface area contributed by atoms with E-state index in [-0.39, 0.29) is 13.2 Å². The quantitative estimate of drug-likeness (QED) is 0.124. The zero-order valence-corrected chi connectivity index (χ0v) is 24.3. The van der Waals surface area contributed by atoms with Gasteiger partial charge in [0.25, 0.3) is 5.91 Å². The summed E-state index contributed by atoms with van der Waals surface area (Å²) in [4.78, 5) is 25.4. The monoisotopic (exact) mass is 588 g/mol. The van der Waals surface area contributed by atoms with E-state index in [4.69, 9.17) is 31.2 Å². The number of allylic oxidation sites excluding steroid dienone is 1. The van der Waals surface area contributed by atoms with Crippen molar-refractivity contribution in [2.75, 3.05) is 20.3 Å². The summed E-state index contributed by atoms with van der Waals surface area (Å²) in [7, 11) is 1.56. The van der Waals surface area contributed by atoms with E-state index < -0.39 is 17.9 Å². The van der Waals surface area contributed by atoms with Crippen LogP contribution in [0.4, 0.5) is 0 Å². The highest BCUT2D eigenvalue weighted by molar-refractivity contribution is 7.80. The Hall–Kier alpha value is -4.90. The van der Waals surface area contributed by atoms with Crippen LogP contribution in [-0.2, 0) is 20.9 Å². The summed E-state index contributed by atoms with van der Waals surface area (Å²) in [5.74, 6) is 0.479. The first kappa shape index (κ1) is 30.1. The average Bonchev–Trinajstić information content (AvgIpc) is 2.99. The molecule has 1 heterocycles. The predicted octanol–water partition coefficient (Wildman–Crippen LogP) is 4.16. The van der Waals surface area contributed by atoms with Crippen LogP contribution < -0.4 is 30.3 Å². The Morgan fingerprint density at radius 1 is 1.00 bits per heavy atom. The summed E-state index contributed by atoms with van der Waals surface area (Å²) < 4.78 is 22.6. The van der Waals surface area contributed by atoms with Gasteiger partial charge in [0.2, 0.25) is 0 Å². The van der Waals surface area contributed by atoms with Crippen molar-refractivity contribution in [2.45, 2.75) is 26.5 Å². The van der Waals surface area contributed by atoms with Crippen molar-refractivity contribution < 1.29 is 28.5 Å². The zero-order chi connectivity index (χ0) is 29.9. The molecule has 0 fully saturated rings. The van der Waals surface area contributed by atoms with Crippen LogP contribution in [0.3, 0.4) is 0 Å². The van der Waals surface area contributed by atoms with Gasteiger partial charge in [0.15, 0.2) is 23.2 Å². The number of thiocarbonyl (C=S) groups is 1. The molecule has 218 valence electrons. The summed E-state index contributed by atoms with van der Waals surface area (Å²) in [5.41, 5.74) is 5.67. The molecular formula is C31H32N4O6S. The fourth-order valence-corrected chi connectivity index (χ4v) is 4.56. The Kier molecular flexibility index (Phi) is 10.5. The molecule has 0 aliphatic carbocycles. The van der Waals surface area contributed by atoms with Gasteiger partial charge in [0.1, 0.15) is 12.4 Å². The Morgan fingerprint density at radius 3 is 2.50 bits per heavy atom. The average molecular weight is 589 g/mol. The van der Waals surface area contributed by atoms with Crippen LogP contribution in [0.1, 0.15) is 36.6 Å². The Balaban J connectivity index is 1.43. The molecule has 1 amide bonds.